The third kappa shape index (κ3) is 4.71. The zero-order valence-corrected chi connectivity index (χ0v) is 19.5. The van der Waals surface area contributed by atoms with E-state index >= 15 is 0 Å². The quantitative estimate of drug-likeness (QED) is 0.399. The number of nitrogens with zero attached hydrogens (tertiary/aromatic N) is 2. The summed E-state index contributed by atoms with van der Waals surface area (Å²) in [5.74, 6) is -1.23. The van der Waals surface area contributed by atoms with Crippen molar-refractivity contribution in [3.63, 3.8) is 0 Å². The van der Waals surface area contributed by atoms with Gasteiger partial charge >= 0.3 is 6.18 Å². The van der Waals surface area contributed by atoms with Crippen molar-refractivity contribution in [2.75, 3.05) is 17.8 Å². The Kier molecular flexibility index (Phi) is 6.03. The number of rotatable bonds is 4. The maximum atomic E-state index is 13.1. The van der Waals surface area contributed by atoms with E-state index in [1.165, 1.54) is 11.9 Å². The Labute approximate surface area is 198 Å². The van der Waals surface area contributed by atoms with Crippen LogP contribution in [0.5, 0.6) is 0 Å². The molecule has 1 aliphatic carbocycles. The van der Waals surface area contributed by atoms with Crippen LogP contribution in [0.4, 0.5) is 18.9 Å². The minimum Gasteiger partial charge on any atom is -0.339 e. The number of para-hydroxylation sites is 1. The number of hydrogen-bond donors (Lipinski definition) is 1. The van der Waals surface area contributed by atoms with E-state index in [4.69, 9.17) is 0 Å². The normalized spacial score (nSPS) is 20.5. The first-order valence-electron chi connectivity index (χ1n) is 11.0. The second-order valence-electron chi connectivity index (χ2n) is 9.01. The van der Waals surface area contributed by atoms with Crippen LogP contribution in [0, 0.1) is 11.3 Å². The van der Waals surface area contributed by atoms with E-state index in [-0.39, 0.29) is 24.2 Å². The molecule has 1 spiro atoms. The highest BCUT2D eigenvalue weighted by Crippen LogP contribution is 2.53. The van der Waals surface area contributed by atoms with Crippen molar-refractivity contribution >= 4 is 45.1 Å². The molecule has 4 nitrogen and oxygen atoms in total. The minimum atomic E-state index is -4.10. The SMILES string of the molecule is O=C(c1ccc(NSc2cccc3scnc23)cc1)N1CCC2(CCC(C(F)(F)F)C2)CC1. The third-order valence-electron chi connectivity index (χ3n) is 7.01. The van der Waals surface area contributed by atoms with E-state index in [0.29, 0.717) is 37.9 Å². The molecule has 33 heavy (non-hydrogen) atoms. The Balaban J connectivity index is 1.16. The lowest BCUT2D eigenvalue weighted by Gasteiger charge is -2.39. The number of piperidine rings is 1. The largest absolute Gasteiger partial charge is 0.391 e. The molecule has 2 aliphatic rings. The van der Waals surface area contributed by atoms with Gasteiger partial charge < -0.3 is 9.62 Å². The summed E-state index contributed by atoms with van der Waals surface area (Å²) in [6.45, 7) is 1.05. The lowest BCUT2D eigenvalue weighted by atomic mass is 9.76. The van der Waals surface area contributed by atoms with Gasteiger partial charge in [0.2, 0.25) is 0 Å². The van der Waals surface area contributed by atoms with Crippen LogP contribution in [0.25, 0.3) is 10.2 Å². The second-order valence-corrected chi connectivity index (χ2v) is 10.7. The number of halogens is 3. The number of fused-ring (bicyclic) bond motifs is 1. The average Bonchev–Trinajstić information content (AvgIpc) is 3.46. The molecular weight excluding hydrogens is 467 g/mol. The van der Waals surface area contributed by atoms with Crippen LogP contribution in [-0.4, -0.2) is 35.1 Å². The van der Waals surface area contributed by atoms with Crippen molar-refractivity contribution in [1.82, 2.24) is 9.88 Å². The Morgan fingerprint density at radius 1 is 1.12 bits per heavy atom. The summed E-state index contributed by atoms with van der Waals surface area (Å²) >= 11 is 3.09. The van der Waals surface area contributed by atoms with Gasteiger partial charge in [0, 0.05) is 24.3 Å². The highest BCUT2D eigenvalue weighted by atomic mass is 32.2. The van der Waals surface area contributed by atoms with Gasteiger partial charge in [-0.3, -0.25) is 4.79 Å². The molecule has 0 radical (unpaired) electrons. The number of alkyl halides is 3. The molecule has 1 unspecified atom stereocenters. The summed E-state index contributed by atoms with van der Waals surface area (Å²) in [6.07, 6.45) is -1.73. The second kappa shape index (κ2) is 8.83. The molecule has 1 amide bonds. The van der Waals surface area contributed by atoms with Gasteiger partial charge in [-0.1, -0.05) is 6.07 Å². The summed E-state index contributed by atoms with van der Waals surface area (Å²) < 4.78 is 43.7. The molecule has 3 aromatic rings. The van der Waals surface area contributed by atoms with E-state index in [1.807, 2.05) is 35.8 Å². The number of hydrogen-bond acceptors (Lipinski definition) is 5. The van der Waals surface area contributed by atoms with Gasteiger partial charge in [-0.2, -0.15) is 13.2 Å². The van der Waals surface area contributed by atoms with Gasteiger partial charge in [0.05, 0.1) is 26.5 Å². The molecular formula is C24H24F3N3OS2. The lowest BCUT2D eigenvalue weighted by Crippen LogP contribution is -2.42. The summed E-state index contributed by atoms with van der Waals surface area (Å²) in [5.41, 5.74) is 4.04. The average molecular weight is 492 g/mol. The lowest BCUT2D eigenvalue weighted by molar-refractivity contribution is -0.175. The summed E-state index contributed by atoms with van der Waals surface area (Å²) in [5, 5.41) is 0. The first-order valence-corrected chi connectivity index (χ1v) is 12.7. The Morgan fingerprint density at radius 2 is 1.88 bits per heavy atom. The molecule has 1 saturated carbocycles. The Hall–Kier alpha value is -2.26. The molecule has 2 fully saturated rings. The molecule has 0 bridgehead atoms. The smallest absolute Gasteiger partial charge is 0.339 e. The van der Waals surface area contributed by atoms with Gasteiger partial charge in [0.25, 0.3) is 5.91 Å². The molecule has 5 rings (SSSR count). The van der Waals surface area contributed by atoms with Crippen molar-refractivity contribution in [3.05, 3.63) is 53.5 Å². The fourth-order valence-electron chi connectivity index (χ4n) is 5.04. The van der Waals surface area contributed by atoms with Gasteiger partial charge in [-0.25, -0.2) is 4.98 Å². The van der Waals surface area contributed by atoms with Crippen LogP contribution in [0.2, 0.25) is 0 Å². The van der Waals surface area contributed by atoms with Crippen molar-refractivity contribution in [1.29, 1.82) is 0 Å². The molecule has 2 heterocycles. The molecule has 1 atom stereocenters. The molecule has 1 saturated heterocycles. The number of thiazole rings is 1. The van der Waals surface area contributed by atoms with Crippen LogP contribution in [0.1, 0.15) is 42.5 Å². The van der Waals surface area contributed by atoms with Gasteiger partial charge in [0.1, 0.15) is 0 Å². The highest BCUT2D eigenvalue weighted by molar-refractivity contribution is 8.00. The van der Waals surface area contributed by atoms with Gasteiger partial charge in [-0.15, -0.1) is 11.3 Å². The number of carbonyl (C=O) groups excluding carboxylic acids is 1. The van der Waals surface area contributed by atoms with Crippen LogP contribution < -0.4 is 4.72 Å². The first-order chi connectivity index (χ1) is 15.8. The zero-order chi connectivity index (χ0) is 23.1. The summed E-state index contributed by atoms with van der Waals surface area (Å²) in [7, 11) is 0. The van der Waals surface area contributed by atoms with Crippen LogP contribution >= 0.6 is 23.3 Å². The van der Waals surface area contributed by atoms with Crippen molar-refractivity contribution in [3.8, 4) is 0 Å². The number of amides is 1. The first kappa shape index (κ1) is 22.5. The predicted molar refractivity (Wildman–Crippen MR) is 127 cm³/mol. The number of benzene rings is 2. The predicted octanol–water partition coefficient (Wildman–Crippen LogP) is 7.00. The zero-order valence-electron chi connectivity index (χ0n) is 17.9. The van der Waals surface area contributed by atoms with E-state index in [9.17, 15) is 18.0 Å². The number of carbonyl (C=O) groups is 1. The molecule has 174 valence electrons. The Bertz CT molecular complexity index is 1140. The number of nitrogens with one attached hydrogen (secondary N) is 1. The summed E-state index contributed by atoms with van der Waals surface area (Å²) in [6, 6.07) is 13.4. The van der Waals surface area contributed by atoms with E-state index in [2.05, 4.69) is 9.71 Å². The Morgan fingerprint density at radius 3 is 2.58 bits per heavy atom. The van der Waals surface area contributed by atoms with E-state index in [1.54, 1.807) is 28.4 Å². The standard InChI is InChI=1S/C24H24F3N3OS2/c25-24(26,27)17-8-9-23(14-17)10-12-30(13-11-23)22(31)16-4-6-18(7-5-16)29-33-20-3-1-2-19-21(20)28-15-32-19/h1-7,15,17,29H,8-14H2. The number of likely N-dealkylation sites (tertiary alicyclic amines) is 1. The fourth-order valence-corrected chi connectivity index (χ4v) is 6.58. The molecule has 1 aromatic heterocycles. The van der Waals surface area contributed by atoms with Crippen molar-refractivity contribution < 1.29 is 18.0 Å². The van der Waals surface area contributed by atoms with Crippen LogP contribution in [0.15, 0.2) is 52.9 Å². The maximum absolute atomic E-state index is 13.1. The van der Waals surface area contributed by atoms with Crippen molar-refractivity contribution in [2.24, 2.45) is 11.3 Å². The number of aromatic nitrogens is 1. The maximum Gasteiger partial charge on any atom is 0.391 e. The van der Waals surface area contributed by atoms with Crippen LogP contribution in [-0.2, 0) is 0 Å². The fraction of sp³-hybridized carbons (Fsp3) is 0.417. The topological polar surface area (TPSA) is 45.2 Å². The van der Waals surface area contributed by atoms with Gasteiger partial charge in [0.15, 0.2) is 0 Å². The minimum absolute atomic E-state index is 0.0540. The molecule has 1 N–H and O–H groups in total. The molecule has 9 heteroatoms. The third-order valence-corrected chi connectivity index (χ3v) is 8.69. The molecule has 2 aromatic carbocycles. The molecule has 1 aliphatic heterocycles. The highest BCUT2D eigenvalue weighted by Gasteiger charge is 2.51. The van der Waals surface area contributed by atoms with Crippen LogP contribution in [0.3, 0.4) is 0 Å². The summed E-state index contributed by atoms with van der Waals surface area (Å²) in [4.78, 5) is 20.2. The van der Waals surface area contributed by atoms with E-state index in [0.717, 1.165) is 20.8 Å². The van der Waals surface area contributed by atoms with Crippen molar-refractivity contribution in [2.45, 2.75) is 43.2 Å². The number of anilines is 1. The monoisotopic (exact) mass is 491 g/mol. The van der Waals surface area contributed by atoms with E-state index < -0.39 is 12.1 Å². The van der Waals surface area contributed by atoms with Gasteiger partial charge in [-0.05, 0) is 85.9 Å².